The smallest absolute Gasteiger partial charge is 0.269 e. The van der Waals surface area contributed by atoms with E-state index in [1.54, 1.807) is 0 Å². The molecule has 2 saturated heterocycles. The second-order valence-electron chi connectivity index (χ2n) is 6.14. The number of nitrogens with one attached hydrogen (secondary N) is 1. The summed E-state index contributed by atoms with van der Waals surface area (Å²) in [6.07, 6.45) is 0. The zero-order chi connectivity index (χ0) is 18.2. The predicted octanol–water partition coefficient (Wildman–Crippen LogP) is -1.27. The molecule has 0 bridgehead atoms. The summed E-state index contributed by atoms with van der Waals surface area (Å²) in [5, 5.41) is 13.7. The van der Waals surface area contributed by atoms with Gasteiger partial charge in [-0.25, -0.2) is 8.42 Å². The Morgan fingerprint density at radius 3 is 2.12 bits per heavy atom. The number of nitro groups is 1. The molecule has 2 fully saturated rings. The van der Waals surface area contributed by atoms with E-state index in [4.69, 9.17) is 5.73 Å². The second kappa shape index (κ2) is 6.33. The maximum absolute atomic E-state index is 12.7. The topological polar surface area (TPSA) is 139 Å². The standard InChI is InChI=1S/C14H19N5O5S/c15-13(20)14(9-16-10-14)17-5-7-18(8-6-17)25(23,24)12-3-1-11(2-4-12)19(21)22/h1-4,16H,5-10H2,(H2,15,20). The number of carbonyl (C=O) groups excluding carboxylic acids is 1. The van der Waals surface area contributed by atoms with E-state index in [2.05, 4.69) is 5.32 Å². The van der Waals surface area contributed by atoms with E-state index < -0.39 is 26.4 Å². The van der Waals surface area contributed by atoms with Crippen molar-refractivity contribution in [1.29, 1.82) is 0 Å². The molecule has 1 aromatic rings. The van der Waals surface area contributed by atoms with Crippen LogP contribution in [-0.4, -0.2) is 73.3 Å². The lowest BCUT2D eigenvalue weighted by Gasteiger charge is -2.50. The Balaban J connectivity index is 1.71. The zero-order valence-corrected chi connectivity index (χ0v) is 14.2. The van der Waals surface area contributed by atoms with Gasteiger partial charge in [-0.2, -0.15) is 4.31 Å². The Morgan fingerprint density at radius 2 is 1.72 bits per heavy atom. The lowest BCUT2D eigenvalue weighted by Crippen LogP contribution is -2.76. The van der Waals surface area contributed by atoms with Crippen LogP contribution in [0.5, 0.6) is 0 Å². The first-order valence-electron chi connectivity index (χ1n) is 7.78. The maximum Gasteiger partial charge on any atom is 0.269 e. The number of hydrogen-bond donors (Lipinski definition) is 2. The van der Waals surface area contributed by atoms with Crippen LogP contribution in [0.1, 0.15) is 0 Å². The minimum absolute atomic E-state index is 0.0153. The molecule has 3 rings (SSSR count). The highest BCUT2D eigenvalue weighted by molar-refractivity contribution is 7.89. The number of nitrogens with zero attached hydrogens (tertiary/aromatic N) is 3. The van der Waals surface area contributed by atoms with E-state index in [1.807, 2.05) is 4.90 Å². The summed E-state index contributed by atoms with van der Waals surface area (Å²) in [4.78, 5) is 23.8. The third-order valence-corrected chi connectivity index (χ3v) is 6.74. The molecule has 0 radical (unpaired) electrons. The number of benzene rings is 1. The van der Waals surface area contributed by atoms with Crippen LogP contribution in [-0.2, 0) is 14.8 Å². The molecule has 1 amide bonds. The zero-order valence-electron chi connectivity index (χ0n) is 13.4. The van der Waals surface area contributed by atoms with Gasteiger partial charge < -0.3 is 11.1 Å². The number of nitrogens with two attached hydrogens (primary N) is 1. The van der Waals surface area contributed by atoms with E-state index >= 15 is 0 Å². The molecule has 0 aliphatic carbocycles. The number of piperazine rings is 1. The monoisotopic (exact) mass is 369 g/mol. The third kappa shape index (κ3) is 2.99. The van der Waals surface area contributed by atoms with Gasteiger partial charge in [0, 0.05) is 51.4 Å². The van der Waals surface area contributed by atoms with Gasteiger partial charge in [-0.3, -0.25) is 19.8 Å². The molecule has 0 unspecified atom stereocenters. The van der Waals surface area contributed by atoms with E-state index in [0.717, 1.165) is 0 Å². The number of non-ortho nitro benzene ring substituents is 1. The van der Waals surface area contributed by atoms with Crippen LogP contribution in [0.3, 0.4) is 0 Å². The molecule has 1 aromatic carbocycles. The summed E-state index contributed by atoms with van der Waals surface area (Å²) in [6, 6.07) is 4.82. The van der Waals surface area contributed by atoms with Gasteiger partial charge >= 0.3 is 0 Å². The van der Waals surface area contributed by atoms with Crippen LogP contribution in [0, 0.1) is 10.1 Å². The third-order valence-electron chi connectivity index (χ3n) is 4.82. The highest BCUT2D eigenvalue weighted by atomic mass is 32.2. The Morgan fingerprint density at radius 1 is 1.16 bits per heavy atom. The average molecular weight is 369 g/mol. The van der Waals surface area contributed by atoms with Crippen molar-refractivity contribution in [2.45, 2.75) is 10.4 Å². The van der Waals surface area contributed by atoms with Gasteiger partial charge in [0.25, 0.3) is 5.69 Å². The summed E-state index contributed by atoms with van der Waals surface area (Å²) >= 11 is 0. The van der Waals surface area contributed by atoms with Crippen molar-refractivity contribution in [3.05, 3.63) is 34.4 Å². The summed E-state index contributed by atoms with van der Waals surface area (Å²) < 4.78 is 26.7. The molecule has 0 saturated carbocycles. The van der Waals surface area contributed by atoms with Crippen LogP contribution >= 0.6 is 0 Å². The fraction of sp³-hybridized carbons (Fsp3) is 0.500. The first kappa shape index (κ1) is 17.7. The molecule has 10 nitrogen and oxygen atoms in total. The highest BCUT2D eigenvalue weighted by Crippen LogP contribution is 2.25. The molecule has 3 N–H and O–H groups in total. The summed E-state index contributed by atoms with van der Waals surface area (Å²) in [7, 11) is -3.73. The van der Waals surface area contributed by atoms with Crippen molar-refractivity contribution in [3.63, 3.8) is 0 Å². The number of rotatable bonds is 5. The van der Waals surface area contributed by atoms with E-state index in [1.165, 1.54) is 28.6 Å². The van der Waals surface area contributed by atoms with Gasteiger partial charge in [0.15, 0.2) is 0 Å². The number of carbonyl (C=O) groups is 1. The van der Waals surface area contributed by atoms with Gasteiger partial charge in [-0.05, 0) is 12.1 Å². The molecular weight excluding hydrogens is 350 g/mol. The molecular formula is C14H19N5O5S. The van der Waals surface area contributed by atoms with Crippen molar-refractivity contribution >= 4 is 21.6 Å². The molecule has 0 aromatic heterocycles. The Hall–Kier alpha value is -2.08. The van der Waals surface area contributed by atoms with Crippen LogP contribution in [0.2, 0.25) is 0 Å². The number of sulfonamides is 1. The van der Waals surface area contributed by atoms with Crippen molar-refractivity contribution in [2.75, 3.05) is 39.3 Å². The maximum atomic E-state index is 12.7. The van der Waals surface area contributed by atoms with Crippen molar-refractivity contribution in [3.8, 4) is 0 Å². The molecule has 0 spiro atoms. The van der Waals surface area contributed by atoms with Crippen molar-refractivity contribution < 1.29 is 18.1 Å². The molecule has 11 heteroatoms. The highest BCUT2D eigenvalue weighted by Gasteiger charge is 2.49. The molecule has 2 aliphatic rings. The minimum Gasteiger partial charge on any atom is -0.368 e. The van der Waals surface area contributed by atoms with E-state index in [-0.39, 0.29) is 23.7 Å². The Labute approximate surface area is 144 Å². The molecule has 2 heterocycles. The van der Waals surface area contributed by atoms with Gasteiger partial charge in [0.1, 0.15) is 5.54 Å². The number of hydrogen-bond acceptors (Lipinski definition) is 7. The quantitative estimate of drug-likeness (QED) is 0.487. The first-order valence-corrected chi connectivity index (χ1v) is 9.22. The van der Waals surface area contributed by atoms with Gasteiger partial charge in [-0.15, -0.1) is 0 Å². The summed E-state index contributed by atoms with van der Waals surface area (Å²) in [5.41, 5.74) is 4.61. The van der Waals surface area contributed by atoms with Crippen LogP contribution in [0.4, 0.5) is 5.69 Å². The second-order valence-corrected chi connectivity index (χ2v) is 8.08. The fourth-order valence-electron chi connectivity index (χ4n) is 3.16. The van der Waals surface area contributed by atoms with Crippen molar-refractivity contribution in [1.82, 2.24) is 14.5 Å². The van der Waals surface area contributed by atoms with Crippen molar-refractivity contribution in [2.24, 2.45) is 5.73 Å². The van der Waals surface area contributed by atoms with Gasteiger partial charge in [0.2, 0.25) is 15.9 Å². The number of primary amides is 1. The minimum atomic E-state index is -3.73. The Bertz CT molecular complexity index is 782. The van der Waals surface area contributed by atoms with Crippen LogP contribution < -0.4 is 11.1 Å². The molecule has 25 heavy (non-hydrogen) atoms. The predicted molar refractivity (Wildman–Crippen MR) is 88.2 cm³/mol. The van der Waals surface area contributed by atoms with Crippen LogP contribution in [0.25, 0.3) is 0 Å². The number of amides is 1. The molecule has 2 aliphatic heterocycles. The van der Waals surface area contributed by atoms with E-state index in [0.29, 0.717) is 26.2 Å². The SMILES string of the molecule is NC(=O)C1(N2CCN(S(=O)(=O)c3ccc([N+](=O)[O-])cc3)CC2)CNC1. The normalized spacial score (nSPS) is 21.4. The lowest BCUT2D eigenvalue weighted by molar-refractivity contribution is -0.384. The van der Waals surface area contributed by atoms with Gasteiger partial charge in [0.05, 0.1) is 9.82 Å². The summed E-state index contributed by atoms with van der Waals surface area (Å²) in [5.74, 6) is -0.405. The molecule has 136 valence electrons. The lowest BCUT2D eigenvalue weighted by atomic mass is 9.88. The first-order chi connectivity index (χ1) is 11.8. The molecule has 0 atom stereocenters. The van der Waals surface area contributed by atoms with Gasteiger partial charge in [-0.1, -0.05) is 0 Å². The number of nitro benzene ring substituents is 1. The van der Waals surface area contributed by atoms with E-state index in [9.17, 15) is 23.3 Å². The summed E-state index contributed by atoms with van der Waals surface area (Å²) in [6.45, 7) is 2.20. The fourth-order valence-corrected chi connectivity index (χ4v) is 4.58. The Kier molecular flexibility index (Phi) is 4.49. The average Bonchev–Trinajstić information content (AvgIpc) is 2.54. The van der Waals surface area contributed by atoms with Crippen LogP contribution in [0.15, 0.2) is 29.2 Å². The largest absolute Gasteiger partial charge is 0.368 e.